The Morgan fingerprint density at radius 2 is 1.50 bits per heavy atom. The zero-order valence-electron chi connectivity index (χ0n) is 9.97. The lowest BCUT2D eigenvalue weighted by Crippen LogP contribution is -2.05. The standard InChI is InChI=1S/C14H16N2O2/c15-13-5-1-11(2-6-13)12-3-7-14(8-4-12)16-18-10-9-17/h1-8,16-17H,9-10,15H2. The number of nitrogens with one attached hydrogen (secondary N) is 1. The molecule has 0 spiro atoms. The summed E-state index contributed by atoms with van der Waals surface area (Å²) in [4.78, 5) is 5.01. The molecule has 0 radical (unpaired) electrons. The van der Waals surface area contributed by atoms with Crippen molar-refractivity contribution >= 4 is 11.4 Å². The SMILES string of the molecule is Nc1ccc(-c2ccc(NOCCO)cc2)cc1. The fourth-order valence-electron chi connectivity index (χ4n) is 1.59. The number of aliphatic hydroxyl groups excluding tert-OH is 1. The molecule has 0 atom stereocenters. The highest BCUT2D eigenvalue weighted by atomic mass is 16.6. The lowest BCUT2D eigenvalue weighted by molar-refractivity contribution is 0.133. The van der Waals surface area contributed by atoms with Crippen molar-refractivity contribution in [1.29, 1.82) is 0 Å². The zero-order valence-corrected chi connectivity index (χ0v) is 9.97. The minimum Gasteiger partial charge on any atom is -0.399 e. The summed E-state index contributed by atoms with van der Waals surface area (Å²) in [7, 11) is 0. The lowest BCUT2D eigenvalue weighted by atomic mass is 10.1. The molecule has 0 fully saturated rings. The van der Waals surface area contributed by atoms with Crippen LogP contribution in [0.5, 0.6) is 0 Å². The molecule has 0 aliphatic heterocycles. The molecule has 0 bridgehead atoms. The van der Waals surface area contributed by atoms with Crippen molar-refractivity contribution in [2.24, 2.45) is 0 Å². The molecule has 0 aliphatic rings. The van der Waals surface area contributed by atoms with Gasteiger partial charge in [0.25, 0.3) is 0 Å². The van der Waals surface area contributed by atoms with Crippen LogP contribution in [0, 0.1) is 0 Å². The zero-order chi connectivity index (χ0) is 12.8. The highest BCUT2D eigenvalue weighted by molar-refractivity contribution is 5.67. The number of nitrogen functional groups attached to an aromatic ring is 1. The van der Waals surface area contributed by atoms with Gasteiger partial charge in [-0.25, -0.2) is 0 Å². The summed E-state index contributed by atoms with van der Waals surface area (Å²) in [5, 5.41) is 8.58. The third kappa shape index (κ3) is 3.23. The summed E-state index contributed by atoms with van der Waals surface area (Å²) in [6, 6.07) is 15.6. The molecule has 0 unspecified atom stereocenters. The maximum absolute atomic E-state index is 8.58. The molecule has 2 rings (SSSR count). The molecule has 0 saturated heterocycles. The van der Waals surface area contributed by atoms with Crippen molar-refractivity contribution in [3.8, 4) is 11.1 Å². The van der Waals surface area contributed by atoms with Crippen LogP contribution in [0.1, 0.15) is 0 Å². The van der Waals surface area contributed by atoms with Gasteiger partial charge < -0.3 is 10.8 Å². The van der Waals surface area contributed by atoms with Crippen LogP contribution in [0.3, 0.4) is 0 Å². The minimum atomic E-state index is -0.00345. The van der Waals surface area contributed by atoms with Gasteiger partial charge in [0, 0.05) is 5.69 Å². The predicted octanol–water partition coefficient (Wildman–Crippen LogP) is 2.27. The van der Waals surface area contributed by atoms with Crippen molar-refractivity contribution < 1.29 is 9.94 Å². The Bertz CT molecular complexity index is 480. The summed E-state index contributed by atoms with van der Waals surface area (Å²) in [6.45, 7) is 0.260. The lowest BCUT2D eigenvalue weighted by Gasteiger charge is -2.07. The predicted molar refractivity (Wildman–Crippen MR) is 73.0 cm³/mol. The van der Waals surface area contributed by atoms with Gasteiger partial charge in [-0.2, -0.15) is 0 Å². The molecular formula is C14H16N2O2. The fraction of sp³-hybridized carbons (Fsp3) is 0.143. The van der Waals surface area contributed by atoms with Gasteiger partial charge in [0.2, 0.25) is 0 Å². The van der Waals surface area contributed by atoms with E-state index < -0.39 is 0 Å². The van der Waals surface area contributed by atoms with Gasteiger partial charge >= 0.3 is 0 Å². The van der Waals surface area contributed by atoms with Crippen LogP contribution in [-0.4, -0.2) is 18.3 Å². The van der Waals surface area contributed by atoms with Gasteiger partial charge in [0.05, 0.1) is 18.9 Å². The smallest absolute Gasteiger partial charge is 0.0976 e. The molecule has 0 saturated carbocycles. The first kappa shape index (κ1) is 12.4. The maximum atomic E-state index is 8.58. The van der Waals surface area contributed by atoms with Crippen molar-refractivity contribution in [1.82, 2.24) is 0 Å². The molecule has 2 aromatic rings. The number of aliphatic hydroxyl groups is 1. The van der Waals surface area contributed by atoms with E-state index in [0.29, 0.717) is 0 Å². The van der Waals surface area contributed by atoms with Crippen LogP contribution >= 0.6 is 0 Å². The maximum Gasteiger partial charge on any atom is 0.0976 e. The van der Waals surface area contributed by atoms with Crippen LogP contribution in [-0.2, 0) is 4.84 Å². The van der Waals surface area contributed by atoms with E-state index in [2.05, 4.69) is 5.48 Å². The third-order valence-electron chi connectivity index (χ3n) is 2.51. The molecular weight excluding hydrogens is 228 g/mol. The Labute approximate surface area is 106 Å². The van der Waals surface area contributed by atoms with E-state index in [1.54, 1.807) is 0 Å². The Kier molecular flexibility index (Phi) is 4.17. The second-order valence-electron chi connectivity index (χ2n) is 3.87. The number of hydrogen-bond donors (Lipinski definition) is 3. The highest BCUT2D eigenvalue weighted by Gasteiger charge is 1.98. The van der Waals surface area contributed by atoms with Gasteiger partial charge in [-0.3, -0.25) is 10.3 Å². The quantitative estimate of drug-likeness (QED) is 0.429. The van der Waals surface area contributed by atoms with Crippen molar-refractivity contribution in [2.75, 3.05) is 24.4 Å². The summed E-state index contributed by atoms with van der Waals surface area (Å²) in [6.07, 6.45) is 0. The van der Waals surface area contributed by atoms with Crippen molar-refractivity contribution in [3.05, 3.63) is 48.5 Å². The first-order valence-corrected chi connectivity index (χ1v) is 5.74. The fourth-order valence-corrected chi connectivity index (χ4v) is 1.59. The van der Waals surface area contributed by atoms with Crippen LogP contribution < -0.4 is 11.2 Å². The molecule has 4 nitrogen and oxygen atoms in total. The van der Waals surface area contributed by atoms with E-state index in [0.717, 1.165) is 22.5 Å². The average Bonchev–Trinajstić information content (AvgIpc) is 2.41. The molecule has 4 N–H and O–H groups in total. The molecule has 18 heavy (non-hydrogen) atoms. The highest BCUT2D eigenvalue weighted by Crippen LogP contribution is 2.22. The third-order valence-corrected chi connectivity index (χ3v) is 2.51. The first-order valence-electron chi connectivity index (χ1n) is 5.74. The summed E-state index contributed by atoms with van der Waals surface area (Å²) in [5.41, 5.74) is 12.2. The molecule has 0 amide bonds. The van der Waals surface area contributed by atoms with Crippen LogP contribution in [0.15, 0.2) is 48.5 Å². The Morgan fingerprint density at radius 1 is 0.944 bits per heavy atom. The number of rotatable bonds is 5. The Hall–Kier alpha value is -2.04. The van der Waals surface area contributed by atoms with Gasteiger partial charge in [0.15, 0.2) is 0 Å². The normalized spacial score (nSPS) is 10.3. The number of hydrogen-bond acceptors (Lipinski definition) is 4. The summed E-state index contributed by atoms with van der Waals surface area (Å²) < 4.78 is 0. The number of benzene rings is 2. The van der Waals surface area contributed by atoms with Crippen molar-refractivity contribution in [3.63, 3.8) is 0 Å². The average molecular weight is 244 g/mol. The molecule has 94 valence electrons. The number of nitrogens with two attached hydrogens (primary N) is 1. The molecule has 0 aromatic heterocycles. The summed E-state index contributed by atoms with van der Waals surface area (Å²) in [5.74, 6) is 0. The second-order valence-corrected chi connectivity index (χ2v) is 3.87. The largest absolute Gasteiger partial charge is 0.399 e. The molecule has 4 heteroatoms. The van der Waals surface area contributed by atoms with Crippen LogP contribution in [0.25, 0.3) is 11.1 Å². The van der Waals surface area contributed by atoms with Crippen LogP contribution in [0.2, 0.25) is 0 Å². The summed E-state index contributed by atoms with van der Waals surface area (Å²) >= 11 is 0. The first-order chi connectivity index (χ1) is 8.79. The molecule has 0 aliphatic carbocycles. The van der Waals surface area contributed by atoms with Gasteiger partial charge in [-0.1, -0.05) is 24.3 Å². The van der Waals surface area contributed by atoms with Gasteiger partial charge in [-0.15, -0.1) is 0 Å². The minimum absolute atomic E-state index is 0.00345. The number of anilines is 2. The van der Waals surface area contributed by atoms with E-state index in [1.165, 1.54) is 0 Å². The van der Waals surface area contributed by atoms with Crippen LogP contribution in [0.4, 0.5) is 11.4 Å². The van der Waals surface area contributed by atoms with E-state index in [-0.39, 0.29) is 13.2 Å². The molecule has 2 aromatic carbocycles. The topological polar surface area (TPSA) is 67.5 Å². The van der Waals surface area contributed by atoms with Crippen molar-refractivity contribution in [2.45, 2.75) is 0 Å². The van der Waals surface area contributed by atoms with Gasteiger partial charge in [-0.05, 0) is 35.4 Å². The monoisotopic (exact) mass is 244 g/mol. The second kappa shape index (κ2) is 6.05. The van der Waals surface area contributed by atoms with Gasteiger partial charge in [0.1, 0.15) is 0 Å². The van der Waals surface area contributed by atoms with E-state index in [1.807, 2.05) is 48.5 Å². The van der Waals surface area contributed by atoms with E-state index in [9.17, 15) is 0 Å². The van der Waals surface area contributed by atoms with E-state index >= 15 is 0 Å². The molecule has 0 heterocycles. The Balaban J connectivity index is 2.05. The van der Waals surface area contributed by atoms with E-state index in [4.69, 9.17) is 15.7 Å². The Morgan fingerprint density at radius 3 is 2.06 bits per heavy atom.